The molecular formula is C13H15ClN4O. The Kier molecular flexibility index (Phi) is 3.75. The molecule has 3 heterocycles. The maximum absolute atomic E-state index is 5.80. The first kappa shape index (κ1) is 12.6. The van der Waals surface area contributed by atoms with E-state index in [0.717, 1.165) is 19.5 Å². The smallest absolute Gasteiger partial charge is 0.227 e. The van der Waals surface area contributed by atoms with Crippen LogP contribution in [0.4, 0.5) is 0 Å². The average Bonchev–Trinajstić information content (AvgIpc) is 2.89. The molecule has 1 aliphatic rings. The lowest BCUT2D eigenvalue weighted by Gasteiger charge is -2.20. The summed E-state index contributed by atoms with van der Waals surface area (Å²) in [6, 6.07) is 3.56. The molecule has 6 heteroatoms. The highest BCUT2D eigenvalue weighted by Crippen LogP contribution is 2.19. The molecule has 0 saturated carbocycles. The summed E-state index contributed by atoms with van der Waals surface area (Å²) in [7, 11) is 0. The van der Waals surface area contributed by atoms with Gasteiger partial charge in [-0.1, -0.05) is 16.8 Å². The normalized spacial score (nSPS) is 19.5. The SMILES string of the molecule is Clc1ccc(-c2noc(CC3CCCNC3)n2)nc1. The number of piperidine rings is 1. The Morgan fingerprint density at radius 3 is 3.11 bits per heavy atom. The molecule has 1 aliphatic heterocycles. The van der Waals surface area contributed by atoms with Crippen LogP contribution in [0.2, 0.25) is 5.02 Å². The predicted octanol–water partition coefficient (Wildman–Crippen LogP) is 2.33. The highest BCUT2D eigenvalue weighted by atomic mass is 35.5. The van der Waals surface area contributed by atoms with Gasteiger partial charge in [0.25, 0.3) is 0 Å². The quantitative estimate of drug-likeness (QED) is 0.933. The first-order valence-electron chi connectivity index (χ1n) is 6.46. The van der Waals surface area contributed by atoms with Crippen molar-refractivity contribution in [1.82, 2.24) is 20.4 Å². The molecule has 0 spiro atoms. The maximum atomic E-state index is 5.80. The second-order valence-corrected chi connectivity index (χ2v) is 5.23. The minimum atomic E-state index is 0.524. The first-order chi connectivity index (χ1) is 9.31. The fraction of sp³-hybridized carbons (Fsp3) is 0.462. The first-order valence-corrected chi connectivity index (χ1v) is 6.84. The highest BCUT2D eigenvalue weighted by molar-refractivity contribution is 6.30. The van der Waals surface area contributed by atoms with Crippen LogP contribution in [0, 0.1) is 5.92 Å². The molecule has 0 radical (unpaired) electrons. The lowest BCUT2D eigenvalue weighted by Crippen LogP contribution is -2.30. The van der Waals surface area contributed by atoms with E-state index in [0.29, 0.717) is 28.3 Å². The largest absolute Gasteiger partial charge is 0.339 e. The van der Waals surface area contributed by atoms with Crippen molar-refractivity contribution in [2.75, 3.05) is 13.1 Å². The van der Waals surface area contributed by atoms with Crippen LogP contribution in [0.25, 0.3) is 11.5 Å². The van der Waals surface area contributed by atoms with Gasteiger partial charge in [0.2, 0.25) is 11.7 Å². The topological polar surface area (TPSA) is 63.8 Å². The molecule has 1 saturated heterocycles. The van der Waals surface area contributed by atoms with Gasteiger partial charge in [-0.25, -0.2) is 0 Å². The monoisotopic (exact) mass is 278 g/mol. The molecule has 2 aromatic heterocycles. The second kappa shape index (κ2) is 5.67. The Morgan fingerprint density at radius 2 is 2.37 bits per heavy atom. The van der Waals surface area contributed by atoms with Gasteiger partial charge in [0, 0.05) is 12.6 Å². The van der Waals surface area contributed by atoms with E-state index < -0.39 is 0 Å². The maximum Gasteiger partial charge on any atom is 0.227 e. The number of pyridine rings is 1. The summed E-state index contributed by atoms with van der Waals surface area (Å²) in [5.41, 5.74) is 0.682. The van der Waals surface area contributed by atoms with Gasteiger partial charge in [0.05, 0.1) is 5.02 Å². The summed E-state index contributed by atoms with van der Waals surface area (Å²) in [6.45, 7) is 2.14. The fourth-order valence-corrected chi connectivity index (χ4v) is 2.41. The van der Waals surface area contributed by atoms with E-state index in [1.165, 1.54) is 12.8 Å². The number of hydrogen-bond donors (Lipinski definition) is 1. The molecule has 2 aromatic rings. The minimum Gasteiger partial charge on any atom is -0.339 e. The Balaban J connectivity index is 1.70. The van der Waals surface area contributed by atoms with Gasteiger partial charge in [-0.3, -0.25) is 4.98 Å². The Labute approximate surface area is 116 Å². The summed E-state index contributed by atoms with van der Waals surface area (Å²) in [5.74, 6) is 1.79. The Bertz CT molecular complexity index is 534. The molecule has 1 atom stereocenters. The number of rotatable bonds is 3. The molecule has 5 nitrogen and oxygen atoms in total. The van der Waals surface area contributed by atoms with Crippen molar-refractivity contribution in [2.24, 2.45) is 5.92 Å². The van der Waals surface area contributed by atoms with E-state index in [2.05, 4.69) is 20.4 Å². The average molecular weight is 279 g/mol. The summed E-state index contributed by atoms with van der Waals surface area (Å²) in [5, 5.41) is 7.95. The van der Waals surface area contributed by atoms with Crippen LogP contribution in [0.1, 0.15) is 18.7 Å². The van der Waals surface area contributed by atoms with E-state index in [4.69, 9.17) is 16.1 Å². The number of hydrogen-bond acceptors (Lipinski definition) is 5. The molecule has 0 aromatic carbocycles. The highest BCUT2D eigenvalue weighted by Gasteiger charge is 2.17. The van der Waals surface area contributed by atoms with E-state index >= 15 is 0 Å². The molecule has 19 heavy (non-hydrogen) atoms. The molecular weight excluding hydrogens is 264 g/mol. The van der Waals surface area contributed by atoms with Crippen molar-refractivity contribution < 1.29 is 4.52 Å². The zero-order valence-electron chi connectivity index (χ0n) is 10.5. The van der Waals surface area contributed by atoms with Crippen molar-refractivity contribution >= 4 is 11.6 Å². The molecule has 1 fully saturated rings. The van der Waals surface area contributed by atoms with Gasteiger partial charge in [0.15, 0.2) is 0 Å². The molecule has 1 unspecified atom stereocenters. The zero-order valence-corrected chi connectivity index (χ0v) is 11.2. The van der Waals surface area contributed by atoms with Gasteiger partial charge in [-0.2, -0.15) is 4.98 Å². The van der Waals surface area contributed by atoms with Gasteiger partial charge >= 0.3 is 0 Å². The van der Waals surface area contributed by atoms with Crippen LogP contribution < -0.4 is 5.32 Å². The van der Waals surface area contributed by atoms with Gasteiger partial charge in [-0.05, 0) is 44.0 Å². The van der Waals surface area contributed by atoms with Gasteiger partial charge in [0.1, 0.15) is 5.69 Å². The van der Waals surface area contributed by atoms with Crippen LogP contribution in [0.15, 0.2) is 22.9 Å². The minimum absolute atomic E-state index is 0.524. The number of nitrogens with zero attached hydrogens (tertiary/aromatic N) is 3. The number of aromatic nitrogens is 3. The third-order valence-electron chi connectivity index (χ3n) is 3.29. The lowest BCUT2D eigenvalue weighted by molar-refractivity contribution is 0.316. The van der Waals surface area contributed by atoms with Crippen molar-refractivity contribution in [2.45, 2.75) is 19.3 Å². The molecule has 1 N–H and O–H groups in total. The molecule has 100 valence electrons. The van der Waals surface area contributed by atoms with Gasteiger partial charge in [-0.15, -0.1) is 0 Å². The summed E-state index contributed by atoms with van der Waals surface area (Å²) < 4.78 is 5.29. The zero-order chi connectivity index (χ0) is 13.1. The summed E-state index contributed by atoms with van der Waals surface area (Å²) >= 11 is 5.80. The van der Waals surface area contributed by atoms with Crippen LogP contribution in [0.3, 0.4) is 0 Å². The molecule has 0 amide bonds. The standard InChI is InChI=1S/C13H15ClN4O/c14-10-3-4-11(16-8-10)13-17-12(19-18-13)6-9-2-1-5-15-7-9/h3-4,8-9,15H,1-2,5-7H2. The molecule has 3 rings (SSSR count). The van der Waals surface area contributed by atoms with Crippen LogP contribution in [-0.4, -0.2) is 28.2 Å². The molecule has 0 aliphatic carbocycles. The second-order valence-electron chi connectivity index (χ2n) is 4.79. The van der Waals surface area contributed by atoms with E-state index in [1.54, 1.807) is 18.3 Å². The fourth-order valence-electron chi connectivity index (χ4n) is 2.30. The number of halogens is 1. The predicted molar refractivity (Wildman–Crippen MR) is 71.8 cm³/mol. The van der Waals surface area contributed by atoms with Crippen molar-refractivity contribution in [3.8, 4) is 11.5 Å². The summed E-state index contributed by atoms with van der Waals surface area (Å²) in [4.78, 5) is 8.57. The Hall–Kier alpha value is -1.46. The van der Waals surface area contributed by atoms with Crippen molar-refractivity contribution in [3.05, 3.63) is 29.2 Å². The molecule has 0 bridgehead atoms. The van der Waals surface area contributed by atoms with E-state index in [9.17, 15) is 0 Å². The van der Waals surface area contributed by atoms with Gasteiger partial charge < -0.3 is 9.84 Å². The van der Waals surface area contributed by atoms with Crippen molar-refractivity contribution in [1.29, 1.82) is 0 Å². The van der Waals surface area contributed by atoms with Crippen molar-refractivity contribution in [3.63, 3.8) is 0 Å². The van der Waals surface area contributed by atoms with Crippen LogP contribution in [-0.2, 0) is 6.42 Å². The van der Waals surface area contributed by atoms with E-state index in [1.807, 2.05) is 0 Å². The summed E-state index contributed by atoms with van der Waals surface area (Å²) in [6.07, 6.45) is 4.83. The third kappa shape index (κ3) is 3.11. The van der Waals surface area contributed by atoms with E-state index in [-0.39, 0.29) is 0 Å². The number of nitrogens with one attached hydrogen (secondary N) is 1. The lowest BCUT2D eigenvalue weighted by atomic mass is 9.96. The van der Waals surface area contributed by atoms with Crippen LogP contribution in [0.5, 0.6) is 0 Å². The third-order valence-corrected chi connectivity index (χ3v) is 3.51. The van der Waals surface area contributed by atoms with Crippen LogP contribution >= 0.6 is 11.6 Å². The Morgan fingerprint density at radius 1 is 1.42 bits per heavy atom.